The summed E-state index contributed by atoms with van der Waals surface area (Å²) in [4.78, 5) is 0. The Kier molecular flexibility index (Phi) is 4.68. The molecule has 0 saturated carbocycles. The highest BCUT2D eigenvalue weighted by atomic mass is 32.1. The summed E-state index contributed by atoms with van der Waals surface area (Å²) in [6.07, 6.45) is 0.930. The van der Waals surface area contributed by atoms with Gasteiger partial charge >= 0.3 is 0 Å². The number of nitrogens with zero attached hydrogens (tertiary/aromatic N) is 2. The Morgan fingerprint density at radius 1 is 1.56 bits per heavy atom. The number of hydrogen-bond donors (Lipinski definition) is 2. The van der Waals surface area contributed by atoms with Gasteiger partial charge in [-0.3, -0.25) is 0 Å². The predicted molar refractivity (Wildman–Crippen MR) is 66.6 cm³/mol. The fourth-order valence-electron chi connectivity index (χ4n) is 1.40. The van der Waals surface area contributed by atoms with E-state index in [0.29, 0.717) is 19.0 Å². The molecule has 2 aromatic rings. The first-order valence-electron chi connectivity index (χ1n) is 5.58. The van der Waals surface area contributed by atoms with E-state index in [2.05, 4.69) is 14.1 Å². The lowest BCUT2D eigenvalue weighted by atomic mass is 10.3. The monoisotopic (exact) mass is 269 g/mol. The summed E-state index contributed by atoms with van der Waals surface area (Å²) >= 11 is 1.07. The van der Waals surface area contributed by atoms with Crippen LogP contribution in [0, 0.1) is 6.92 Å². The molecule has 2 rings (SSSR count). The van der Waals surface area contributed by atoms with Gasteiger partial charge in [0.15, 0.2) is 0 Å². The van der Waals surface area contributed by atoms with Gasteiger partial charge in [0.2, 0.25) is 5.88 Å². The van der Waals surface area contributed by atoms with Crippen LogP contribution >= 0.6 is 11.7 Å². The van der Waals surface area contributed by atoms with E-state index >= 15 is 0 Å². The molecule has 0 bridgehead atoms. The predicted octanol–water partition coefficient (Wildman–Crippen LogP) is 0.969. The van der Waals surface area contributed by atoms with Crippen LogP contribution in [0.15, 0.2) is 22.7 Å². The first-order chi connectivity index (χ1) is 8.74. The maximum Gasteiger partial charge on any atom is 0.245 e. The number of nitrogens with one attached hydrogen (secondary N) is 1. The highest BCUT2D eigenvalue weighted by molar-refractivity contribution is 6.99. The largest absolute Gasteiger partial charge is 0.473 e. The van der Waals surface area contributed by atoms with E-state index < -0.39 is 6.10 Å². The Labute approximate surface area is 109 Å². The number of aromatic nitrogens is 2. The number of rotatable bonds is 7. The van der Waals surface area contributed by atoms with Crippen molar-refractivity contribution < 1.29 is 14.3 Å². The maximum absolute atomic E-state index is 9.67. The minimum absolute atomic E-state index is 0.190. The maximum atomic E-state index is 9.67. The number of furan rings is 1. The molecule has 98 valence electrons. The van der Waals surface area contributed by atoms with Crippen LogP contribution in [-0.2, 0) is 6.54 Å². The first-order valence-corrected chi connectivity index (χ1v) is 6.31. The smallest absolute Gasteiger partial charge is 0.245 e. The first kappa shape index (κ1) is 13.0. The number of aliphatic hydroxyl groups excluding tert-OH is 1. The van der Waals surface area contributed by atoms with Gasteiger partial charge in [0.1, 0.15) is 30.4 Å². The molecule has 18 heavy (non-hydrogen) atoms. The van der Waals surface area contributed by atoms with Gasteiger partial charge in [-0.25, -0.2) is 0 Å². The van der Waals surface area contributed by atoms with Crippen molar-refractivity contribution in [3.8, 4) is 5.88 Å². The highest BCUT2D eigenvalue weighted by Gasteiger charge is 2.07. The van der Waals surface area contributed by atoms with Crippen LogP contribution < -0.4 is 10.1 Å². The van der Waals surface area contributed by atoms with Crippen LogP contribution in [0.4, 0.5) is 0 Å². The van der Waals surface area contributed by atoms with Crippen molar-refractivity contribution in [2.75, 3.05) is 13.2 Å². The Morgan fingerprint density at radius 3 is 3.11 bits per heavy atom. The van der Waals surface area contributed by atoms with Crippen molar-refractivity contribution in [3.05, 3.63) is 29.9 Å². The summed E-state index contributed by atoms with van der Waals surface area (Å²) in [5, 5.41) is 12.8. The molecule has 0 aliphatic carbocycles. The van der Waals surface area contributed by atoms with E-state index in [1.807, 2.05) is 19.1 Å². The van der Waals surface area contributed by atoms with Gasteiger partial charge in [-0.1, -0.05) is 0 Å². The number of aryl methyl sites for hydroxylation is 1. The van der Waals surface area contributed by atoms with Crippen LogP contribution in [0.5, 0.6) is 5.88 Å². The van der Waals surface area contributed by atoms with Crippen LogP contribution in [0.1, 0.15) is 11.5 Å². The second-order valence-electron chi connectivity index (χ2n) is 3.85. The molecule has 2 heterocycles. The Hall–Kier alpha value is -1.44. The summed E-state index contributed by atoms with van der Waals surface area (Å²) in [6, 6.07) is 3.82. The minimum atomic E-state index is -0.595. The molecule has 0 radical (unpaired) electrons. The van der Waals surface area contributed by atoms with Gasteiger partial charge in [0, 0.05) is 6.54 Å². The lowest BCUT2D eigenvalue weighted by molar-refractivity contribution is 0.103. The molecular formula is C11H15N3O3S. The Morgan fingerprint density at radius 2 is 2.44 bits per heavy atom. The molecular weight excluding hydrogens is 254 g/mol. The molecule has 0 fully saturated rings. The van der Waals surface area contributed by atoms with Crippen molar-refractivity contribution in [2.24, 2.45) is 0 Å². The average Bonchev–Trinajstić information content (AvgIpc) is 2.98. The van der Waals surface area contributed by atoms with E-state index in [1.165, 1.54) is 6.20 Å². The second kappa shape index (κ2) is 6.48. The van der Waals surface area contributed by atoms with Crippen molar-refractivity contribution >= 4 is 11.7 Å². The van der Waals surface area contributed by atoms with Crippen molar-refractivity contribution in [3.63, 3.8) is 0 Å². The van der Waals surface area contributed by atoms with Gasteiger partial charge in [0.05, 0.1) is 18.3 Å². The second-order valence-corrected chi connectivity index (χ2v) is 4.41. The molecule has 0 spiro atoms. The van der Waals surface area contributed by atoms with Gasteiger partial charge < -0.3 is 19.6 Å². The number of aliphatic hydroxyl groups is 1. The van der Waals surface area contributed by atoms with Crippen LogP contribution in [0.3, 0.4) is 0 Å². The van der Waals surface area contributed by atoms with E-state index in [1.54, 1.807) is 0 Å². The molecule has 6 nitrogen and oxygen atoms in total. The zero-order valence-electron chi connectivity index (χ0n) is 10.00. The van der Waals surface area contributed by atoms with E-state index in [4.69, 9.17) is 9.15 Å². The topological polar surface area (TPSA) is 80.4 Å². The molecule has 0 aliphatic rings. The van der Waals surface area contributed by atoms with E-state index in [9.17, 15) is 5.11 Å². The summed E-state index contributed by atoms with van der Waals surface area (Å²) in [7, 11) is 0. The third kappa shape index (κ3) is 4.10. The van der Waals surface area contributed by atoms with E-state index in [0.717, 1.165) is 23.2 Å². The normalized spacial score (nSPS) is 12.6. The third-order valence-corrected chi connectivity index (χ3v) is 2.70. The van der Waals surface area contributed by atoms with Crippen molar-refractivity contribution in [1.29, 1.82) is 0 Å². The van der Waals surface area contributed by atoms with Gasteiger partial charge in [-0.05, 0) is 19.1 Å². The van der Waals surface area contributed by atoms with Gasteiger partial charge in [-0.2, -0.15) is 4.37 Å². The lowest BCUT2D eigenvalue weighted by Crippen LogP contribution is -2.31. The van der Waals surface area contributed by atoms with Crippen LogP contribution in [-0.4, -0.2) is 33.1 Å². The molecule has 0 amide bonds. The molecule has 0 aliphatic heterocycles. The fraction of sp³-hybridized carbons (Fsp3) is 0.455. The molecule has 2 aromatic heterocycles. The zero-order valence-corrected chi connectivity index (χ0v) is 10.8. The molecule has 1 unspecified atom stereocenters. The van der Waals surface area contributed by atoms with Crippen LogP contribution in [0.2, 0.25) is 0 Å². The molecule has 0 saturated heterocycles. The highest BCUT2D eigenvalue weighted by Crippen LogP contribution is 2.06. The SMILES string of the molecule is Cc1ccc(CNCC(O)COc2cnsn2)o1. The zero-order chi connectivity index (χ0) is 12.8. The molecule has 0 aromatic carbocycles. The summed E-state index contributed by atoms with van der Waals surface area (Å²) in [6.45, 7) is 3.10. The molecule has 2 N–H and O–H groups in total. The Balaban J connectivity index is 1.61. The lowest BCUT2D eigenvalue weighted by Gasteiger charge is -2.10. The minimum Gasteiger partial charge on any atom is -0.473 e. The molecule has 7 heteroatoms. The molecule has 1 atom stereocenters. The quantitative estimate of drug-likeness (QED) is 0.779. The fourth-order valence-corrected chi connectivity index (χ4v) is 1.77. The van der Waals surface area contributed by atoms with E-state index in [-0.39, 0.29) is 6.61 Å². The summed E-state index contributed by atoms with van der Waals surface area (Å²) in [5.74, 6) is 2.18. The van der Waals surface area contributed by atoms with Crippen molar-refractivity contribution in [2.45, 2.75) is 19.6 Å². The van der Waals surface area contributed by atoms with Crippen molar-refractivity contribution in [1.82, 2.24) is 14.1 Å². The average molecular weight is 269 g/mol. The number of ether oxygens (including phenoxy) is 1. The standard InChI is InChI=1S/C11H15N3O3S/c1-8-2-3-10(17-8)5-12-4-9(15)7-16-11-6-13-18-14-11/h2-3,6,9,12,15H,4-5,7H2,1H3. The van der Waals surface area contributed by atoms with Gasteiger partial charge in [0.25, 0.3) is 0 Å². The Bertz CT molecular complexity index is 458. The summed E-state index contributed by atoms with van der Waals surface area (Å²) in [5.41, 5.74) is 0. The third-order valence-electron chi connectivity index (χ3n) is 2.24. The summed E-state index contributed by atoms with van der Waals surface area (Å²) < 4.78 is 18.3. The van der Waals surface area contributed by atoms with Crippen LogP contribution in [0.25, 0.3) is 0 Å². The number of hydrogen-bond acceptors (Lipinski definition) is 7. The van der Waals surface area contributed by atoms with Gasteiger partial charge in [-0.15, -0.1) is 4.37 Å².